The molecule has 3 aliphatic heterocycles. The molecule has 0 radical (unpaired) electrons. The number of aromatic nitrogens is 3. The molecule has 1 amide bonds. The van der Waals surface area contributed by atoms with Gasteiger partial charge in [0.25, 0.3) is 5.91 Å². The summed E-state index contributed by atoms with van der Waals surface area (Å²) in [4.78, 5) is 32.0. The van der Waals surface area contributed by atoms with Crippen molar-refractivity contribution in [1.82, 2.24) is 30.1 Å². The molecule has 45 heavy (non-hydrogen) atoms. The maximum Gasteiger partial charge on any atom is 0.253 e. The standard InChI is InChI=1S/C35H40ClN7O2/c1-45-31-8-7-27(21-30(31)43-15-2-14-37-24-43)34(44)42-19-12-35(13-20-42)10-17-41(18-11-35)16-9-25-3-5-26(6-4-25)29-22-28-32(36)38-23-39-33(28)40-29/h2-8,15,21-23,37H,9-14,16-20,24H2,1H3,(H,38,39,40). The highest BCUT2D eigenvalue weighted by Crippen LogP contribution is 2.42. The first-order valence-electron chi connectivity index (χ1n) is 15.9. The lowest BCUT2D eigenvalue weighted by Crippen LogP contribution is -2.48. The Labute approximate surface area is 269 Å². The summed E-state index contributed by atoms with van der Waals surface area (Å²) in [6.45, 7) is 6.51. The molecule has 2 N–H and O–H groups in total. The van der Waals surface area contributed by atoms with E-state index in [0.29, 0.717) is 17.2 Å². The summed E-state index contributed by atoms with van der Waals surface area (Å²) in [7, 11) is 1.67. The highest BCUT2D eigenvalue weighted by Gasteiger charge is 2.38. The van der Waals surface area contributed by atoms with Gasteiger partial charge in [-0.05, 0) is 86.0 Å². The van der Waals surface area contributed by atoms with Crippen LogP contribution in [-0.4, -0.2) is 83.7 Å². The summed E-state index contributed by atoms with van der Waals surface area (Å²) in [5, 5.41) is 4.65. The largest absolute Gasteiger partial charge is 0.495 e. The summed E-state index contributed by atoms with van der Waals surface area (Å²) in [5.41, 5.74) is 6.20. The Morgan fingerprint density at radius 2 is 1.78 bits per heavy atom. The molecule has 2 fully saturated rings. The smallest absolute Gasteiger partial charge is 0.253 e. The number of nitrogens with zero attached hydrogens (tertiary/aromatic N) is 5. The first-order chi connectivity index (χ1) is 22.0. The predicted octanol–water partition coefficient (Wildman–Crippen LogP) is 5.73. The van der Waals surface area contributed by atoms with Crippen LogP contribution in [0, 0.1) is 5.41 Å². The van der Waals surface area contributed by atoms with Crippen molar-refractivity contribution in [2.75, 3.05) is 57.9 Å². The molecule has 9 nitrogen and oxygen atoms in total. The number of benzene rings is 2. The lowest BCUT2D eigenvalue weighted by atomic mass is 9.71. The van der Waals surface area contributed by atoms with Crippen LogP contribution in [0.2, 0.25) is 5.15 Å². The van der Waals surface area contributed by atoms with Gasteiger partial charge in [-0.2, -0.15) is 0 Å². The van der Waals surface area contributed by atoms with Crippen LogP contribution in [-0.2, 0) is 6.42 Å². The predicted molar refractivity (Wildman–Crippen MR) is 179 cm³/mol. The Hall–Kier alpha value is -3.92. The van der Waals surface area contributed by atoms with Gasteiger partial charge in [0.1, 0.15) is 22.9 Å². The van der Waals surface area contributed by atoms with Crippen molar-refractivity contribution in [1.29, 1.82) is 0 Å². The molecule has 10 heteroatoms. The van der Waals surface area contributed by atoms with Crippen LogP contribution >= 0.6 is 11.6 Å². The van der Waals surface area contributed by atoms with E-state index in [1.165, 1.54) is 24.7 Å². The number of anilines is 1. The van der Waals surface area contributed by atoms with E-state index in [4.69, 9.17) is 16.3 Å². The second-order valence-electron chi connectivity index (χ2n) is 12.5. The number of carbonyl (C=O) groups is 1. The van der Waals surface area contributed by atoms with Gasteiger partial charge < -0.3 is 24.4 Å². The van der Waals surface area contributed by atoms with E-state index in [0.717, 1.165) is 97.8 Å². The minimum Gasteiger partial charge on any atom is -0.495 e. The quantitative estimate of drug-likeness (QED) is 0.254. The molecule has 0 saturated carbocycles. The van der Waals surface area contributed by atoms with Gasteiger partial charge in [-0.3, -0.25) is 10.1 Å². The SMILES string of the molecule is COc1ccc(C(=O)N2CCC3(CCN(CCc4ccc(-c5cc6c(Cl)ncnc6[nH]5)cc4)CC3)CC2)cc1N1C=CCNC1. The number of halogens is 1. The van der Waals surface area contributed by atoms with Gasteiger partial charge in [0.15, 0.2) is 0 Å². The number of rotatable bonds is 7. The Bertz CT molecular complexity index is 1680. The van der Waals surface area contributed by atoms with E-state index in [-0.39, 0.29) is 5.91 Å². The molecule has 3 aliphatic rings. The number of methoxy groups -OCH3 is 1. The monoisotopic (exact) mass is 625 g/mol. The van der Waals surface area contributed by atoms with Crippen LogP contribution in [0.1, 0.15) is 41.6 Å². The summed E-state index contributed by atoms with van der Waals surface area (Å²) >= 11 is 6.22. The normalized spacial score (nSPS) is 18.5. The number of aromatic amines is 1. The van der Waals surface area contributed by atoms with Crippen LogP contribution < -0.4 is 15.0 Å². The fraction of sp³-hybridized carbons (Fsp3) is 0.400. The second-order valence-corrected chi connectivity index (χ2v) is 12.9. The number of fused-ring (bicyclic) bond motifs is 1. The summed E-state index contributed by atoms with van der Waals surface area (Å²) in [5.74, 6) is 0.890. The maximum absolute atomic E-state index is 13.5. The molecule has 2 aromatic carbocycles. The number of carbonyl (C=O) groups excluding carboxylic acids is 1. The number of nitrogens with one attached hydrogen (secondary N) is 2. The molecular formula is C35H40ClN7O2. The Morgan fingerprint density at radius 3 is 2.49 bits per heavy atom. The van der Waals surface area contributed by atoms with Crippen LogP contribution in [0.15, 0.2) is 67.1 Å². The van der Waals surface area contributed by atoms with Crippen molar-refractivity contribution in [3.63, 3.8) is 0 Å². The fourth-order valence-electron chi connectivity index (χ4n) is 7.03. The van der Waals surface area contributed by atoms with Crippen molar-refractivity contribution in [3.05, 3.63) is 83.4 Å². The number of ether oxygens (including phenoxy) is 1. The molecule has 0 bridgehead atoms. The van der Waals surface area contributed by atoms with Gasteiger partial charge in [0.05, 0.1) is 24.9 Å². The van der Waals surface area contributed by atoms with Gasteiger partial charge in [-0.1, -0.05) is 41.9 Å². The Morgan fingerprint density at radius 1 is 1.00 bits per heavy atom. The molecule has 0 aliphatic carbocycles. The molecule has 0 unspecified atom stereocenters. The zero-order valence-electron chi connectivity index (χ0n) is 25.8. The molecule has 0 atom stereocenters. The minimum absolute atomic E-state index is 0.119. The first-order valence-corrected chi connectivity index (χ1v) is 16.3. The highest BCUT2D eigenvalue weighted by atomic mass is 35.5. The van der Waals surface area contributed by atoms with Crippen LogP contribution in [0.25, 0.3) is 22.3 Å². The third-order valence-electron chi connectivity index (χ3n) is 9.95. The number of hydrogen-bond acceptors (Lipinski definition) is 7. The van der Waals surface area contributed by atoms with E-state index < -0.39 is 0 Å². The van der Waals surface area contributed by atoms with Crippen molar-refractivity contribution in [2.45, 2.75) is 32.1 Å². The minimum atomic E-state index is 0.119. The molecule has 2 aromatic heterocycles. The first kappa shape index (κ1) is 29.8. The maximum atomic E-state index is 13.5. The van der Waals surface area contributed by atoms with E-state index >= 15 is 0 Å². The number of piperidine rings is 2. The van der Waals surface area contributed by atoms with E-state index in [9.17, 15) is 4.79 Å². The third-order valence-corrected chi connectivity index (χ3v) is 10.3. The van der Waals surface area contributed by atoms with Gasteiger partial charge in [0, 0.05) is 43.6 Å². The van der Waals surface area contributed by atoms with Crippen molar-refractivity contribution in [2.24, 2.45) is 5.41 Å². The van der Waals surface area contributed by atoms with Gasteiger partial charge in [-0.25, -0.2) is 9.97 Å². The van der Waals surface area contributed by atoms with Gasteiger partial charge in [-0.15, -0.1) is 0 Å². The van der Waals surface area contributed by atoms with Crippen LogP contribution in [0.4, 0.5) is 5.69 Å². The zero-order valence-corrected chi connectivity index (χ0v) is 26.5. The summed E-state index contributed by atoms with van der Waals surface area (Å²) in [6.07, 6.45) is 11.2. The topological polar surface area (TPSA) is 89.6 Å². The van der Waals surface area contributed by atoms with E-state index in [1.807, 2.05) is 24.3 Å². The average Bonchev–Trinajstić information content (AvgIpc) is 3.54. The number of H-pyrrole nitrogens is 1. The number of hydrogen-bond donors (Lipinski definition) is 2. The van der Waals surface area contributed by atoms with Crippen LogP contribution in [0.3, 0.4) is 0 Å². The lowest BCUT2D eigenvalue weighted by molar-refractivity contribution is 0.0305. The highest BCUT2D eigenvalue weighted by molar-refractivity contribution is 6.34. The molecule has 2 saturated heterocycles. The van der Waals surface area contributed by atoms with E-state index in [2.05, 4.69) is 71.5 Å². The van der Waals surface area contributed by atoms with Crippen molar-refractivity contribution < 1.29 is 9.53 Å². The number of amides is 1. The molecule has 7 rings (SSSR count). The van der Waals surface area contributed by atoms with Gasteiger partial charge >= 0.3 is 0 Å². The Kier molecular flexibility index (Phi) is 8.49. The van der Waals surface area contributed by atoms with Crippen LogP contribution in [0.5, 0.6) is 5.75 Å². The molecule has 5 heterocycles. The molecule has 234 valence electrons. The average molecular weight is 626 g/mol. The number of likely N-dealkylation sites (tertiary alicyclic amines) is 2. The molecular weight excluding hydrogens is 586 g/mol. The van der Waals surface area contributed by atoms with Crippen molar-refractivity contribution >= 4 is 34.2 Å². The third kappa shape index (κ3) is 6.30. The lowest BCUT2D eigenvalue weighted by Gasteiger charge is -2.47. The van der Waals surface area contributed by atoms with Gasteiger partial charge in [0.2, 0.25) is 0 Å². The second kappa shape index (κ2) is 12.8. The van der Waals surface area contributed by atoms with E-state index in [1.54, 1.807) is 7.11 Å². The van der Waals surface area contributed by atoms with Crippen molar-refractivity contribution in [3.8, 4) is 17.0 Å². The summed E-state index contributed by atoms with van der Waals surface area (Å²) in [6, 6.07) is 16.6. The molecule has 1 spiro atoms. The Balaban J connectivity index is 0.897. The zero-order chi connectivity index (χ0) is 30.8. The summed E-state index contributed by atoms with van der Waals surface area (Å²) < 4.78 is 5.60. The molecule has 4 aromatic rings. The fourth-order valence-corrected chi connectivity index (χ4v) is 7.22.